The molecule has 7 heteroatoms. The Morgan fingerprint density at radius 2 is 2.52 bits per heavy atom. The number of aromatic amines is 1. The van der Waals surface area contributed by atoms with Gasteiger partial charge in [0.1, 0.15) is 5.82 Å². The van der Waals surface area contributed by atoms with Gasteiger partial charge in [-0.1, -0.05) is 17.8 Å². The molecule has 1 amide bonds. The number of thiophene rings is 1. The summed E-state index contributed by atoms with van der Waals surface area (Å²) >= 11 is 3.27. The van der Waals surface area contributed by atoms with Crippen molar-refractivity contribution in [2.75, 3.05) is 12.3 Å². The van der Waals surface area contributed by atoms with Crippen molar-refractivity contribution in [2.24, 2.45) is 0 Å². The molecule has 2 aromatic heterocycles. The zero-order valence-corrected chi connectivity index (χ0v) is 13.5. The van der Waals surface area contributed by atoms with E-state index in [-0.39, 0.29) is 11.9 Å². The van der Waals surface area contributed by atoms with Gasteiger partial charge in [-0.05, 0) is 31.2 Å². The molecule has 0 saturated carbocycles. The fourth-order valence-corrected chi connectivity index (χ4v) is 4.25. The summed E-state index contributed by atoms with van der Waals surface area (Å²) in [5, 5.41) is 9.68. The highest BCUT2D eigenvalue weighted by Gasteiger charge is 2.30. The maximum absolute atomic E-state index is 12.4. The first-order valence-corrected chi connectivity index (χ1v) is 8.95. The van der Waals surface area contributed by atoms with Crippen molar-refractivity contribution in [3.05, 3.63) is 28.2 Å². The lowest BCUT2D eigenvalue weighted by molar-refractivity contribution is -0.131. The molecule has 2 aromatic rings. The molecular weight excluding hydrogens is 304 g/mol. The molecule has 3 rings (SSSR count). The summed E-state index contributed by atoms with van der Waals surface area (Å²) in [5.41, 5.74) is 0. The van der Waals surface area contributed by atoms with E-state index in [4.69, 9.17) is 0 Å². The highest BCUT2D eigenvalue weighted by atomic mass is 32.2. The number of nitrogens with zero attached hydrogens (tertiary/aromatic N) is 3. The number of aromatic nitrogens is 3. The number of carbonyl (C=O) groups is 1. The van der Waals surface area contributed by atoms with Crippen LogP contribution < -0.4 is 0 Å². The van der Waals surface area contributed by atoms with Crippen LogP contribution in [-0.2, 0) is 4.79 Å². The number of rotatable bonds is 5. The van der Waals surface area contributed by atoms with Crippen LogP contribution in [0.3, 0.4) is 0 Å². The van der Waals surface area contributed by atoms with E-state index in [1.54, 1.807) is 11.3 Å². The van der Waals surface area contributed by atoms with Gasteiger partial charge in [-0.15, -0.1) is 16.4 Å². The average molecular weight is 322 g/mol. The number of aryl methyl sites for hydroxylation is 1. The number of H-pyrrole nitrogens is 1. The van der Waals surface area contributed by atoms with E-state index in [1.807, 2.05) is 11.8 Å². The zero-order valence-electron chi connectivity index (χ0n) is 11.9. The lowest BCUT2D eigenvalue weighted by atomic mass is 10.2. The second-order valence-corrected chi connectivity index (χ2v) is 7.10. The van der Waals surface area contributed by atoms with Gasteiger partial charge in [0.15, 0.2) is 0 Å². The molecule has 1 saturated heterocycles. The Bertz CT molecular complexity index is 596. The van der Waals surface area contributed by atoms with Crippen molar-refractivity contribution in [2.45, 2.75) is 37.4 Å². The van der Waals surface area contributed by atoms with Crippen LogP contribution in [-0.4, -0.2) is 38.3 Å². The third-order valence-corrected chi connectivity index (χ3v) is 5.39. The minimum atomic E-state index is 0.241. The molecule has 0 aliphatic carbocycles. The Balaban J connectivity index is 1.52. The molecule has 0 unspecified atom stereocenters. The molecule has 1 fully saturated rings. The predicted octanol–water partition coefficient (Wildman–Crippen LogP) is 3.02. The van der Waals surface area contributed by atoms with Gasteiger partial charge in [0.05, 0.1) is 6.04 Å². The molecule has 1 aliphatic rings. The van der Waals surface area contributed by atoms with Gasteiger partial charge in [-0.2, -0.15) is 0 Å². The zero-order chi connectivity index (χ0) is 14.7. The lowest BCUT2D eigenvalue weighted by Gasteiger charge is -2.23. The maximum atomic E-state index is 12.4. The third-order valence-electron chi connectivity index (χ3n) is 3.57. The van der Waals surface area contributed by atoms with E-state index in [2.05, 4.69) is 32.7 Å². The summed E-state index contributed by atoms with van der Waals surface area (Å²) in [7, 11) is 0. The molecule has 1 aliphatic heterocycles. The van der Waals surface area contributed by atoms with Crippen molar-refractivity contribution in [3.8, 4) is 0 Å². The summed E-state index contributed by atoms with van der Waals surface area (Å²) in [6.07, 6.45) is 2.72. The Kier molecular flexibility index (Phi) is 4.60. The third kappa shape index (κ3) is 3.47. The van der Waals surface area contributed by atoms with E-state index in [9.17, 15) is 4.79 Å². The number of hydrogen-bond donors (Lipinski definition) is 1. The molecule has 1 atom stereocenters. The number of carbonyl (C=O) groups excluding carboxylic acids is 1. The minimum absolute atomic E-state index is 0.241. The van der Waals surface area contributed by atoms with E-state index < -0.39 is 0 Å². The smallest absolute Gasteiger partial charge is 0.223 e. The largest absolute Gasteiger partial charge is 0.335 e. The first kappa shape index (κ1) is 14.6. The monoisotopic (exact) mass is 322 g/mol. The summed E-state index contributed by atoms with van der Waals surface area (Å²) in [6, 6.07) is 4.47. The summed E-state index contributed by atoms with van der Waals surface area (Å²) in [6.45, 7) is 2.75. The van der Waals surface area contributed by atoms with Crippen molar-refractivity contribution in [3.63, 3.8) is 0 Å². The number of hydrogen-bond acceptors (Lipinski definition) is 5. The van der Waals surface area contributed by atoms with Gasteiger partial charge in [0.25, 0.3) is 0 Å². The van der Waals surface area contributed by atoms with Gasteiger partial charge >= 0.3 is 0 Å². The summed E-state index contributed by atoms with van der Waals surface area (Å²) < 4.78 is 0. The number of likely N-dealkylation sites (tertiary alicyclic amines) is 1. The minimum Gasteiger partial charge on any atom is -0.335 e. The van der Waals surface area contributed by atoms with Crippen molar-refractivity contribution >= 4 is 29.0 Å². The van der Waals surface area contributed by atoms with Crippen LogP contribution >= 0.6 is 23.1 Å². The number of nitrogens with one attached hydrogen (secondary N) is 1. The summed E-state index contributed by atoms with van der Waals surface area (Å²) in [5.74, 6) is 1.77. The van der Waals surface area contributed by atoms with E-state index in [0.717, 1.165) is 36.1 Å². The Morgan fingerprint density at radius 3 is 3.24 bits per heavy atom. The molecule has 112 valence electrons. The van der Waals surface area contributed by atoms with Crippen LogP contribution in [0.15, 0.2) is 22.7 Å². The first-order valence-electron chi connectivity index (χ1n) is 7.09. The second kappa shape index (κ2) is 6.62. The SMILES string of the molecule is Cc1nc(SCCC(=O)N2CCC[C@H]2c2cccs2)n[nH]1. The lowest BCUT2D eigenvalue weighted by Crippen LogP contribution is -2.30. The van der Waals surface area contributed by atoms with Crippen LogP contribution in [0.25, 0.3) is 0 Å². The maximum Gasteiger partial charge on any atom is 0.223 e. The standard InChI is InChI=1S/C14H18N4OS2/c1-10-15-14(17-16-10)21-9-6-13(19)18-7-2-4-11(18)12-5-3-8-20-12/h3,5,8,11H,2,4,6-7,9H2,1H3,(H,15,16,17)/t11-/m0/s1. The van der Waals surface area contributed by atoms with Crippen LogP contribution in [0.2, 0.25) is 0 Å². The molecule has 3 heterocycles. The van der Waals surface area contributed by atoms with Gasteiger partial charge in [0, 0.05) is 23.6 Å². The highest BCUT2D eigenvalue weighted by Crippen LogP contribution is 2.35. The fourth-order valence-electron chi connectivity index (χ4n) is 2.60. The molecule has 0 radical (unpaired) electrons. The number of thioether (sulfide) groups is 1. The molecule has 0 aromatic carbocycles. The van der Waals surface area contributed by atoms with Gasteiger partial charge < -0.3 is 4.90 Å². The van der Waals surface area contributed by atoms with Gasteiger partial charge in [-0.25, -0.2) is 4.98 Å². The summed E-state index contributed by atoms with van der Waals surface area (Å²) in [4.78, 5) is 20.0. The van der Waals surface area contributed by atoms with Crippen molar-refractivity contribution in [1.82, 2.24) is 20.1 Å². The molecule has 1 N–H and O–H groups in total. The Labute approximate surface area is 132 Å². The molecule has 21 heavy (non-hydrogen) atoms. The second-order valence-electron chi connectivity index (χ2n) is 5.06. The molecule has 0 bridgehead atoms. The highest BCUT2D eigenvalue weighted by molar-refractivity contribution is 7.99. The van der Waals surface area contributed by atoms with Crippen molar-refractivity contribution in [1.29, 1.82) is 0 Å². The Hall–Kier alpha value is -1.34. The Morgan fingerprint density at radius 1 is 1.62 bits per heavy atom. The van der Waals surface area contributed by atoms with Gasteiger partial charge in [0.2, 0.25) is 11.1 Å². The van der Waals surface area contributed by atoms with Crippen LogP contribution in [0.4, 0.5) is 0 Å². The molecular formula is C14H18N4OS2. The van der Waals surface area contributed by atoms with E-state index >= 15 is 0 Å². The molecule has 0 spiro atoms. The molecule has 5 nitrogen and oxygen atoms in total. The normalized spacial score (nSPS) is 18.3. The van der Waals surface area contributed by atoms with Crippen molar-refractivity contribution < 1.29 is 4.79 Å². The quantitative estimate of drug-likeness (QED) is 0.860. The van der Waals surface area contributed by atoms with E-state index in [0.29, 0.717) is 6.42 Å². The topological polar surface area (TPSA) is 61.9 Å². The first-order chi connectivity index (χ1) is 10.2. The van der Waals surface area contributed by atoms with Gasteiger partial charge in [-0.3, -0.25) is 9.89 Å². The number of amides is 1. The van der Waals surface area contributed by atoms with Crippen LogP contribution in [0, 0.1) is 6.92 Å². The predicted molar refractivity (Wildman–Crippen MR) is 84.5 cm³/mol. The van der Waals surface area contributed by atoms with Crippen LogP contribution in [0.5, 0.6) is 0 Å². The fraction of sp³-hybridized carbons (Fsp3) is 0.500. The average Bonchev–Trinajstić information content (AvgIpc) is 3.19. The van der Waals surface area contributed by atoms with E-state index in [1.165, 1.54) is 16.6 Å². The van der Waals surface area contributed by atoms with Crippen LogP contribution in [0.1, 0.15) is 36.0 Å².